The Hall–Kier alpha value is -1.26. The number of amides is 1. The SMILES string of the molecule is CN1CCC[C@]12CCCN(C(=O)COc1cccc(Cl)c1)CC2. The molecule has 126 valence electrons. The smallest absolute Gasteiger partial charge is 0.260 e. The summed E-state index contributed by atoms with van der Waals surface area (Å²) < 4.78 is 5.59. The average Bonchev–Trinajstić information content (AvgIpc) is 2.76. The average molecular weight is 337 g/mol. The van der Waals surface area contributed by atoms with Crippen LogP contribution in [0, 0.1) is 0 Å². The molecule has 0 unspecified atom stereocenters. The summed E-state index contributed by atoms with van der Waals surface area (Å²) in [6.45, 7) is 2.95. The molecular weight excluding hydrogens is 312 g/mol. The van der Waals surface area contributed by atoms with Gasteiger partial charge in [0.25, 0.3) is 5.91 Å². The van der Waals surface area contributed by atoms with Gasteiger partial charge in [-0.25, -0.2) is 0 Å². The van der Waals surface area contributed by atoms with Gasteiger partial charge in [0.05, 0.1) is 0 Å². The molecule has 1 amide bonds. The molecule has 5 heteroatoms. The van der Waals surface area contributed by atoms with Crippen molar-refractivity contribution in [3.63, 3.8) is 0 Å². The molecule has 0 aromatic heterocycles. The molecule has 2 heterocycles. The Labute approximate surface area is 143 Å². The van der Waals surface area contributed by atoms with Crippen LogP contribution in [-0.2, 0) is 4.79 Å². The minimum atomic E-state index is 0.0719. The van der Waals surface area contributed by atoms with E-state index in [-0.39, 0.29) is 12.5 Å². The first-order chi connectivity index (χ1) is 11.1. The molecule has 3 rings (SSSR count). The van der Waals surface area contributed by atoms with E-state index in [9.17, 15) is 4.79 Å². The first-order valence-corrected chi connectivity index (χ1v) is 8.84. The van der Waals surface area contributed by atoms with Crippen molar-refractivity contribution in [2.24, 2.45) is 0 Å². The fourth-order valence-electron chi connectivity index (χ4n) is 3.93. The van der Waals surface area contributed by atoms with Gasteiger partial charge >= 0.3 is 0 Å². The van der Waals surface area contributed by atoms with Gasteiger partial charge in [-0.2, -0.15) is 0 Å². The predicted octanol–water partition coefficient (Wildman–Crippen LogP) is 3.20. The Morgan fingerprint density at radius 1 is 1.22 bits per heavy atom. The van der Waals surface area contributed by atoms with Crippen LogP contribution in [-0.4, -0.2) is 54.5 Å². The Balaban J connectivity index is 1.54. The van der Waals surface area contributed by atoms with Crippen molar-refractivity contribution in [2.75, 3.05) is 33.3 Å². The zero-order chi connectivity index (χ0) is 16.3. The lowest BCUT2D eigenvalue weighted by Crippen LogP contribution is -2.42. The van der Waals surface area contributed by atoms with Gasteiger partial charge in [-0.3, -0.25) is 4.79 Å². The lowest BCUT2D eigenvalue weighted by molar-refractivity contribution is -0.133. The van der Waals surface area contributed by atoms with E-state index in [1.807, 2.05) is 17.0 Å². The van der Waals surface area contributed by atoms with Crippen molar-refractivity contribution >= 4 is 17.5 Å². The number of halogens is 1. The highest BCUT2D eigenvalue weighted by molar-refractivity contribution is 6.30. The normalized spacial score (nSPS) is 25.6. The van der Waals surface area contributed by atoms with Crippen LogP contribution in [0.3, 0.4) is 0 Å². The summed E-state index contributed by atoms with van der Waals surface area (Å²) in [6, 6.07) is 7.18. The summed E-state index contributed by atoms with van der Waals surface area (Å²) in [4.78, 5) is 16.9. The zero-order valence-corrected chi connectivity index (χ0v) is 14.5. The molecule has 0 saturated carbocycles. The van der Waals surface area contributed by atoms with Crippen LogP contribution in [0.4, 0.5) is 0 Å². The topological polar surface area (TPSA) is 32.8 Å². The van der Waals surface area contributed by atoms with Gasteiger partial charge in [0.1, 0.15) is 5.75 Å². The van der Waals surface area contributed by atoms with Crippen molar-refractivity contribution in [2.45, 2.75) is 37.6 Å². The van der Waals surface area contributed by atoms with Gasteiger partial charge in [0.15, 0.2) is 6.61 Å². The molecule has 0 N–H and O–H groups in total. The Kier molecular flexibility index (Phi) is 5.12. The number of nitrogens with zero attached hydrogens (tertiary/aromatic N) is 2. The van der Waals surface area contributed by atoms with Crippen LogP contribution in [0.5, 0.6) is 5.75 Å². The Bertz CT molecular complexity index is 566. The Morgan fingerprint density at radius 3 is 2.70 bits per heavy atom. The van der Waals surface area contributed by atoms with E-state index in [4.69, 9.17) is 16.3 Å². The number of ether oxygens (including phenoxy) is 1. The predicted molar refractivity (Wildman–Crippen MR) is 92.0 cm³/mol. The van der Waals surface area contributed by atoms with E-state index >= 15 is 0 Å². The standard InChI is InChI=1S/C18H25ClN2O2/c1-20-10-3-7-18(20)8-4-11-21(12-9-18)17(22)14-23-16-6-2-5-15(19)13-16/h2,5-6,13H,3-4,7-12,14H2,1H3/t18-/m1/s1. The summed E-state index contributed by atoms with van der Waals surface area (Å²) in [7, 11) is 2.23. The van der Waals surface area contributed by atoms with Gasteiger partial charge in [0, 0.05) is 23.7 Å². The van der Waals surface area contributed by atoms with E-state index in [1.54, 1.807) is 12.1 Å². The summed E-state index contributed by atoms with van der Waals surface area (Å²) in [6.07, 6.45) is 5.90. The van der Waals surface area contributed by atoms with Crippen molar-refractivity contribution in [1.29, 1.82) is 0 Å². The molecule has 4 nitrogen and oxygen atoms in total. The third kappa shape index (κ3) is 3.81. The molecule has 1 aromatic carbocycles. The quantitative estimate of drug-likeness (QED) is 0.849. The van der Waals surface area contributed by atoms with Crippen LogP contribution in [0.2, 0.25) is 5.02 Å². The number of hydrogen-bond acceptors (Lipinski definition) is 3. The third-order valence-electron chi connectivity index (χ3n) is 5.37. The zero-order valence-electron chi connectivity index (χ0n) is 13.8. The second-order valence-electron chi connectivity index (χ2n) is 6.73. The summed E-state index contributed by atoms with van der Waals surface area (Å²) in [5.74, 6) is 0.718. The van der Waals surface area contributed by atoms with Crippen molar-refractivity contribution < 1.29 is 9.53 Å². The monoisotopic (exact) mass is 336 g/mol. The van der Waals surface area contributed by atoms with Crippen LogP contribution in [0.15, 0.2) is 24.3 Å². The van der Waals surface area contributed by atoms with E-state index < -0.39 is 0 Å². The molecule has 1 atom stereocenters. The minimum Gasteiger partial charge on any atom is -0.484 e. The van der Waals surface area contributed by atoms with Gasteiger partial charge < -0.3 is 14.5 Å². The second kappa shape index (κ2) is 7.10. The van der Waals surface area contributed by atoms with Crippen molar-refractivity contribution in [3.8, 4) is 5.75 Å². The number of benzene rings is 1. The van der Waals surface area contributed by atoms with Gasteiger partial charge in [-0.15, -0.1) is 0 Å². The summed E-state index contributed by atoms with van der Waals surface area (Å²) in [5, 5.41) is 0.621. The molecule has 1 aromatic rings. The van der Waals surface area contributed by atoms with Crippen LogP contribution in [0.25, 0.3) is 0 Å². The molecule has 0 aliphatic carbocycles. The van der Waals surface area contributed by atoms with Crippen LogP contribution in [0.1, 0.15) is 32.1 Å². The van der Waals surface area contributed by atoms with Gasteiger partial charge in [0.2, 0.25) is 0 Å². The highest BCUT2D eigenvalue weighted by atomic mass is 35.5. The molecular formula is C18H25ClN2O2. The maximum Gasteiger partial charge on any atom is 0.260 e. The minimum absolute atomic E-state index is 0.0719. The van der Waals surface area contributed by atoms with Gasteiger partial charge in [-0.1, -0.05) is 17.7 Å². The molecule has 2 aliphatic heterocycles. The fourth-order valence-corrected chi connectivity index (χ4v) is 4.11. The van der Waals surface area contributed by atoms with E-state index in [0.717, 1.165) is 25.9 Å². The molecule has 0 bridgehead atoms. The number of carbonyl (C=O) groups excluding carboxylic acids is 1. The van der Waals surface area contributed by atoms with Crippen LogP contribution >= 0.6 is 11.6 Å². The lowest BCUT2D eigenvalue weighted by Gasteiger charge is -2.35. The number of carbonyl (C=O) groups is 1. The third-order valence-corrected chi connectivity index (χ3v) is 5.61. The first-order valence-electron chi connectivity index (χ1n) is 8.46. The maximum atomic E-state index is 12.4. The van der Waals surface area contributed by atoms with Crippen molar-refractivity contribution in [3.05, 3.63) is 29.3 Å². The molecule has 2 fully saturated rings. The molecule has 0 radical (unpaired) electrons. The van der Waals surface area contributed by atoms with E-state index in [2.05, 4.69) is 11.9 Å². The van der Waals surface area contributed by atoms with Gasteiger partial charge in [-0.05, 0) is 63.9 Å². The first kappa shape index (κ1) is 16.6. The summed E-state index contributed by atoms with van der Waals surface area (Å²) in [5.41, 5.74) is 0.322. The fraction of sp³-hybridized carbons (Fsp3) is 0.611. The molecule has 2 aliphatic rings. The molecule has 2 saturated heterocycles. The summed E-state index contributed by atoms with van der Waals surface area (Å²) >= 11 is 5.93. The largest absolute Gasteiger partial charge is 0.484 e. The Morgan fingerprint density at radius 2 is 2.00 bits per heavy atom. The number of hydrogen-bond donors (Lipinski definition) is 0. The van der Waals surface area contributed by atoms with Crippen molar-refractivity contribution in [1.82, 2.24) is 9.80 Å². The highest BCUT2D eigenvalue weighted by Crippen LogP contribution is 2.37. The van der Waals surface area contributed by atoms with E-state index in [0.29, 0.717) is 16.3 Å². The second-order valence-corrected chi connectivity index (χ2v) is 7.17. The highest BCUT2D eigenvalue weighted by Gasteiger charge is 2.40. The maximum absolute atomic E-state index is 12.4. The number of likely N-dealkylation sites (tertiary alicyclic amines) is 2. The lowest BCUT2D eigenvalue weighted by atomic mass is 9.88. The van der Waals surface area contributed by atoms with Crippen LogP contribution < -0.4 is 4.74 Å². The molecule has 1 spiro atoms. The number of rotatable bonds is 3. The van der Waals surface area contributed by atoms with E-state index in [1.165, 1.54) is 25.8 Å². The molecule has 23 heavy (non-hydrogen) atoms.